The van der Waals surface area contributed by atoms with Crippen molar-refractivity contribution in [3.05, 3.63) is 71.6 Å². The van der Waals surface area contributed by atoms with Gasteiger partial charge in [0.05, 0.1) is 7.11 Å². The number of hydrogen-bond donors (Lipinski definition) is 0. The van der Waals surface area contributed by atoms with E-state index in [1.807, 2.05) is 36.4 Å². The molecule has 1 aliphatic carbocycles. The smallest absolute Gasteiger partial charge is 0.130 e. The molecule has 0 aromatic heterocycles. The summed E-state index contributed by atoms with van der Waals surface area (Å²) in [4.78, 5) is 0. The first-order valence-corrected chi connectivity index (χ1v) is 10.4. The Morgan fingerprint density at radius 3 is 2.39 bits per heavy atom. The van der Waals surface area contributed by atoms with Crippen molar-refractivity contribution in [3.63, 3.8) is 0 Å². The highest BCUT2D eigenvalue weighted by Gasteiger charge is 2.20. The lowest BCUT2D eigenvalue weighted by atomic mass is 9.82. The number of methoxy groups -OCH3 is 1. The predicted molar refractivity (Wildman–Crippen MR) is 112 cm³/mol. The summed E-state index contributed by atoms with van der Waals surface area (Å²) < 4.78 is 25.6. The molecule has 1 aliphatic rings. The first-order valence-electron chi connectivity index (χ1n) is 10.4. The van der Waals surface area contributed by atoms with E-state index in [0.29, 0.717) is 18.3 Å². The maximum absolute atomic E-state index is 14.7. The van der Waals surface area contributed by atoms with Gasteiger partial charge in [0.15, 0.2) is 0 Å². The van der Waals surface area contributed by atoms with E-state index >= 15 is 0 Å². The molecule has 3 rings (SSSR count). The lowest BCUT2D eigenvalue weighted by Gasteiger charge is -2.23. The van der Waals surface area contributed by atoms with Crippen LogP contribution in [0.4, 0.5) is 4.39 Å². The molecule has 3 heteroatoms. The van der Waals surface area contributed by atoms with E-state index in [-0.39, 0.29) is 11.7 Å². The molecule has 0 saturated carbocycles. The Labute approximate surface area is 168 Å². The van der Waals surface area contributed by atoms with E-state index in [1.165, 1.54) is 31.7 Å². The van der Waals surface area contributed by atoms with Crippen molar-refractivity contribution in [1.82, 2.24) is 0 Å². The molecule has 150 valence electrons. The molecule has 2 unspecified atom stereocenters. The summed E-state index contributed by atoms with van der Waals surface area (Å²) in [6.45, 7) is 2.64. The van der Waals surface area contributed by atoms with Gasteiger partial charge in [-0.1, -0.05) is 56.5 Å². The monoisotopic (exact) mass is 382 g/mol. The Morgan fingerprint density at radius 1 is 0.964 bits per heavy atom. The van der Waals surface area contributed by atoms with Crippen molar-refractivity contribution in [3.8, 4) is 11.5 Å². The zero-order valence-electron chi connectivity index (χ0n) is 17.0. The Bertz CT molecular complexity index is 767. The molecule has 0 N–H and O–H groups in total. The van der Waals surface area contributed by atoms with E-state index in [0.717, 1.165) is 29.7 Å². The van der Waals surface area contributed by atoms with Gasteiger partial charge in [0.25, 0.3) is 0 Å². The van der Waals surface area contributed by atoms with E-state index in [2.05, 4.69) is 19.1 Å². The maximum atomic E-state index is 14.7. The maximum Gasteiger partial charge on any atom is 0.130 e. The molecule has 0 fully saturated rings. The quantitative estimate of drug-likeness (QED) is 0.342. The third-order valence-corrected chi connectivity index (χ3v) is 5.58. The zero-order chi connectivity index (χ0) is 19.8. The first kappa shape index (κ1) is 20.4. The Hall–Kier alpha value is -2.29. The summed E-state index contributed by atoms with van der Waals surface area (Å²) in [7, 11) is 1.64. The highest BCUT2D eigenvalue weighted by molar-refractivity contribution is 5.34. The predicted octanol–water partition coefficient (Wildman–Crippen LogP) is 7.04. The summed E-state index contributed by atoms with van der Waals surface area (Å²) in [5.74, 6) is 2.05. The van der Waals surface area contributed by atoms with Crippen molar-refractivity contribution in [1.29, 1.82) is 0 Å². The van der Waals surface area contributed by atoms with Gasteiger partial charge in [-0.3, -0.25) is 0 Å². The van der Waals surface area contributed by atoms with E-state index in [4.69, 9.17) is 9.47 Å². The molecule has 0 aliphatic heterocycles. The summed E-state index contributed by atoms with van der Waals surface area (Å²) in [5, 5.41) is 0. The molecule has 2 aromatic carbocycles. The normalized spacial score (nSPS) is 18.8. The van der Waals surface area contributed by atoms with Gasteiger partial charge in [0, 0.05) is 12.0 Å². The van der Waals surface area contributed by atoms with Crippen LogP contribution in [0.1, 0.15) is 62.5 Å². The van der Waals surface area contributed by atoms with Crippen molar-refractivity contribution in [2.75, 3.05) is 7.11 Å². The van der Waals surface area contributed by atoms with E-state index in [1.54, 1.807) is 7.11 Å². The molecule has 0 spiro atoms. The van der Waals surface area contributed by atoms with Crippen LogP contribution in [0.5, 0.6) is 11.5 Å². The molecule has 2 aromatic rings. The fourth-order valence-electron chi connectivity index (χ4n) is 3.82. The molecule has 0 amide bonds. The highest BCUT2D eigenvalue weighted by Crippen LogP contribution is 2.34. The molecule has 28 heavy (non-hydrogen) atoms. The molecule has 2 atom stereocenters. The molecule has 0 bridgehead atoms. The van der Waals surface area contributed by atoms with Gasteiger partial charge in [-0.2, -0.15) is 0 Å². The van der Waals surface area contributed by atoms with Crippen LogP contribution in [0, 0.1) is 11.7 Å². The molecule has 0 radical (unpaired) electrons. The van der Waals surface area contributed by atoms with E-state index < -0.39 is 0 Å². The van der Waals surface area contributed by atoms with E-state index in [9.17, 15) is 4.39 Å². The summed E-state index contributed by atoms with van der Waals surface area (Å²) in [6.07, 6.45) is 11.8. The number of ether oxygens (including phenoxy) is 2. The number of hydrogen-bond acceptors (Lipinski definition) is 2. The number of benzene rings is 2. The fourth-order valence-corrected chi connectivity index (χ4v) is 3.82. The highest BCUT2D eigenvalue weighted by atomic mass is 19.1. The summed E-state index contributed by atoms with van der Waals surface area (Å²) in [5.41, 5.74) is 1.80. The van der Waals surface area contributed by atoms with Crippen LogP contribution in [0.15, 0.2) is 54.6 Å². The van der Waals surface area contributed by atoms with Crippen LogP contribution in [-0.4, -0.2) is 7.11 Å². The average Bonchev–Trinajstić information content (AvgIpc) is 2.73. The van der Waals surface area contributed by atoms with Crippen LogP contribution < -0.4 is 9.47 Å². The second-order valence-electron chi connectivity index (χ2n) is 7.64. The van der Waals surface area contributed by atoms with Gasteiger partial charge in [-0.15, -0.1) is 0 Å². The van der Waals surface area contributed by atoms with Gasteiger partial charge in [0.1, 0.15) is 23.9 Å². The van der Waals surface area contributed by atoms with Gasteiger partial charge in [-0.25, -0.2) is 4.39 Å². The van der Waals surface area contributed by atoms with Crippen molar-refractivity contribution < 1.29 is 13.9 Å². The molecule has 0 heterocycles. The molecule has 0 saturated heterocycles. The second kappa shape index (κ2) is 10.3. The van der Waals surface area contributed by atoms with Crippen LogP contribution >= 0.6 is 0 Å². The van der Waals surface area contributed by atoms with Gasteiger partial charge >= 0.3 is 0 Å². The molecular weight excluding hydrogens is 351 g/mol. The minimum Gasteiger partial charge on any atom is -0.497 e. The minimum atomic E-state index is -0.175. The SMILES string of the molecule is CCCCCC1C=CC(c2ccc(OCc3ccc(OC)cc3)cc2F)CC1. The van der Waals surface area contributed by atoms with Crippen LogP contribution in [-0.2, 0) is 6.61 Å². The molecule has 2 nitrogen and oxygen atoms in total. The van der Waals surface area contributed by atoms with Crippen LogP contribution in [0.3, 0.4) is 0 Å². The first-order chi connectivity index (χ1) is 13.7. The average molecular weight is 383 g/mol. The Morgan fingerprint density at radius 2 is 1.75 bits per heavy atom. The van der Waals surface area contributed by atoms with Crippen molar-refractivity contribution >= 4 is 0 Å². The number of unbranched alkanes of at least 4 members (excludes halogenated alkanes) is 2. The summed E-state index contributed by atoms with van der Waals surface area (Å²) >= 11 is 0. The third kappa shape index (κ3) is 5.60. The number of halogens is 1. The van der Waals surface area contributed by atoms with Gasteiger partial charge in [0.2, 0.25) is 0 Å². The number of allylic oxidation sites excluding steroid dienone is 2. The van der Waals surface area contributed by atoms with Crippen LogP contribution in [0.25, 0.3) is 0 Å². The largest absolute Gasteiger partial charge is 0.497 e. The minimum absolute atomic E-state index is 0.175. The molecular formula is C25H31FO2. The van der Waals surface area contributed by atoms with Gasteiger partial charge in [-0.05, 0) is 54.5 Å². The summed E-state index contributed by atoms with van der Waals surface area (Å²) in [6, 6.07) is 13.0. The Kier molecular flexibility index (Phi) is 7.53. The standard InChI is InChI=1S/C25H31FO2/c1-3-4-5-6-19-7-11-21(12-8-19)24-16-15-23(17-25(24)26)28-18-20-9-13-22(27-2)14-10-20/h7,9-11,13-17,19,21H,3-6,8,12,18H2,1-2H3. The fraction of sp³-hybridized carbons (Fsp3) is 0.440. The topological polar surface area (TPSA) is 18.5 Å². The van der Waals surface area contributed by atoms with Crippen molar-refractivity contribution in [2.45, 2.75) is 58.0 Å². The third-order valence-electron chi connectivity index (χ3n) is 5.58. The number of rotatable bonds is 9. The lowest BCUT2D eigenvalue weighted by Crippen LogP contribution is -2.09. The Balaban J connectivity index is 1.55. The second-order valence-corrected chi connectivity index (χ2v) is 7.64. The lowest BCUT2D eigenvalue weighted by molar-refractivity contribution is 0.304. The zero-order valence-corrected chi connectivity index (χ0v) is 17.0. The van der Waals surface area contributed by atoms with Crippen molar-refractivity contribution in [2.24, 2.45) is 5.92 Å². The van der Waals surface area contributed by atoms with Crippen LogP contribution in [0.2, 0.25) is 0 Å². The van der Waals surface area contributed by atoms with Gasteiger partial charge < -0.3 is 9.47 Å².